The fourth-order valence-electron chi connectivity index (χ4n) is 3.08. The molecule has 1 aliphatic carbocycles. The summed E-state index contributed by atoms with van der Waals surface area (Å²) in [5.41, 5.74) is 2.04. The topological polar surface area (TPSA) is 12.0 Å². The first-order chi connectivity index (χ1) is 8.08. The largest absolute Gasteiger partial charge is 0.386 e. The van der Waals surface area contributed by atoms with Crippen molar-refractivity contribution in [1.29, 1.82) is 0 Å². The molecular formula is C17H33N. The van der Waals surface area contributed by atoms with Gasteiger partial charge >= 0.3 is 0 Å². The minimum atomic E-state index is 0.340. The van der Waals surface area contributed by atoms with Crippen molar-refractivity contribution in [3.63, 3.8) is 0 Å². The third-order valence-electron chi connectivity index (χ3n) is 4.10. The van der Waals surface area contributed by atoms with Gasteiger partial charge in [-0.25, -0.2) is 0 Å². The van der Waals surface area contributed by atoms with Crippen molar-refractivity contribution in [2.45, 2.75) is 79.7 Å². The predicted octanol–water partition coefficient (Wildman–Crippen LogP) is 5.13. The lowest BCUT2D eigenvalue weighted by Gasteiger charge is -2.38. The van der Waals surface area contributed by atoms with Gasteiger partial charge in [0.25, 0.3) is 0 Å². The molecule has 0 bridgehead atoms. The molecule has 0 unspecified atom stereocenters. The highest BCUT2D eigenvalue weighted by atomic mass is 14.9. The Hall–Kier alpha value is -0.460. The molecule has 0 heterocycles. The van der Waals surface area contributed by atoms with Gasteiger partial charge in [-0.3, -0.25) is 0 Å². The molecule has 0 saturated heterocycles. The second-order valence-electron chi connectivity index (χ2n) is 8.40. The minimum absolute atomic E-state index is 0.340. The summed E-state index contributed by atoms with van der Waals surface area (Å²) in [4.78, 5) is 0. The third kappa shape index (κ3) is 5.46. The zero-order valence-electron chi connectivity index (χ0n) is 13.4. The Morgan fingerprint density at radius 2 is 1.50 bits per heavy atom. The van der Waals surface area contributed by atoms with Crippen LogP contribution >= 0.6 is 0 Å². The van der Waals surface area contributed by atoms with E-state index in [0.717, 1.165) is 12.3 Å². The van der Waals surface area contributed by atoms with Crippen LogP contribution in [-0.4, -0.2) is 6.04 Å². The summed E-state index contributed by atoms with van der Waals surface area (Å²) < 4.78 is 0. The number of rotatable bonds is 3. The molecule has 1 rings (SSSR count). The van der Waals surface area contributed by atoms with Crippen molar-refractivity contribution in [1.82, 2.24) is 5.32 Å². The molecule has 106 valence electrons. The SMILES string of the molecule is C=C(CC(C)(C)C)NC1CCC(C(C)(C)C)CC1. The summed E-state index contributed by atoms with van der Waals surface area (Å²) in [6.07, 6.45) is 6.43. The summed E-state index contributed by atoms with van der Waals surface area (Å²) in [6.45, 7) is 18.2. The Balaban J connectivity index is 2.34. The van der Waals surface area contributed by atoms with Crippen LogP contribution < -0.4 is 5.32 Å². The van der Waals surface area contributed by atoms with E-state index in [0.29, 0.717) is 16.9 Å². The zero-order valence-corrected chi connectivity index (χ0v) is 13.4. The van der Waals surface area contributed by atoms with Crippen molar-refractivity contribution in [2.24, 2.45) is 16.7 Å². The molecule has 0 atom stereocenters. The van der Waals surface area contributed by atoms with Crippen molar-refractivity contribution >= 4 is 0 Å². The molecule has 0 aromatic heterocycles. The van der Waals surface area contributed by atoms with Crippen molar-refractivity contribution in [3.8, 4) is 0 Å². The van der Waals surface area contributed by atoms with Gasteiger partial charge in [-0.05, 0) is 48.9 Å². The molecule has 0 aromatic rings. The first-order valence-corrected chi connectivity index (χ1v) is 7.52. The Morgan fingerprint density at radius 1 is 1.00 bits per heavy atom. The zero-order chi connectivity index (χ0) is 14.0. The van der Waals surface area contributed by atoms with Gasteiger partial charge in [0, 0.05) is 11.7 Å². The van der Waals surface area contributed by atoms with E-state index in [1.165, 1.54) is 31.4 Å². The van der Waals surface area contributed by atoms with E-state index in [4.69, 9.17) is 0 Å². The quantitative estimate of drug-likeness (QED) is 0.733. The molecule has 1 saturated carbocycles. The van der Waals surface area contributed by atoms with E-state index in [2.05, 4.69) is 53.4 Å². The van der Waals surface area contributed by atoms with Crippen LogP contribution in [0.5, 0.6) is 0 Å². The van der Waals surface area contributed by atoms with E-state index in [-0.39, 0.29) is 0 Å². The van der Waals surface area contributed by atoms with Gasteiger partial charge in [-0.1, -0.05) is 48.1 Å². The fraction of sp³-hybridized carbons (Fsp3) is 0.882. The second-order valence-corrected chi connectivity index (χ2v) is 8.40. The lowest BCUT2D eigenvalue weighted by atomic mass is 9.71. The number of nitrogens with one attached hydrogen (secondary N) is 1. The van der Waals surface area contributed by atoms with E-state index in [1.807, 2.05) is 0 Å². The molecule has 0 radical (unpaired) electrons. The normalized spacial score (nSPS) is 25.9. The summed E-state index contributed by atoms with van der Waals surface area (Å²) in [6, 6.07) is 0.665. The lowest BCUT2D eigenvalue weighted by molar-refractivity contribution is 0.162. The van der Waals surface area contributed by atoms with Crippen LogP contribution in [0, 0.1) is 16.7 Å². The molecular weight excluding hydrogens is 218 g/mol. The van der Waals surface area contributed by atoms with E-state index in [9.17, 15) is 0 Å². The van der Waals surface area contributed by atoms with Gasteiger partial charge in [0.2, 0.25) is 0 Å². The smallest absolute Gasteiger partial charge is 0.0258 e. The van der Waals surface area contributed by atoms with Crippen LogP contribution in [0.1, 0.15) is 73.6 Å². The first-order valence-electron chi connectivity index (χ1n) is 7.52. The van der Waals surface area contributed by atoms with Gasteiger partial charge in [0.1, 0.15) is 0 Å². The second kappa shape index (κ2) is 5.67. The fourth-order valence-corrected chi connectivity index (χ4v) is 3.08. The molecule has 1 N–H and O–H groups in total. The Labute approximate surface area is 114 Å². The molecule has 1 fully saturated rings. The van der Waals surface area contributed by atoms with Crippen molar-refractivity contribution in [2.75, 3.05) is 0 Å². The van der Waals surface area contributed by atoms with Crippen LogP contribution in [0.25, 0.3) is 0 Å². The maximum absolute atomic E-state index is 4.19. The van der Waals surface area contributed by atoms with Crippen LogP contribution in [0.15, 0.2) is 12.3 Å². The van der Waals surface area contributed by atoms with Crippen molar-refractivity contribution in [3.05, 3.63) is 12.3 Å². The van der Waals surface area contributed by atoms with E-state index < -0.39 is 0 Å². The third-order valence-corrected chi connectivity index (χ3v) is 4.10. The molecule has 0 amide bonds. The summed E-state index contributed by atoms with van der Waals surface area (Å²) in [5.74, 6) is 0.895. The Kier molecular flexibility index (Phi) is 4.91. The Morgan fingerprint density at radius 3 is 1.89 bits per heavy atom. The number of allylic oxidation sites excluding steroid dienone is 1. The van der Waals surface area contributed by atoms with Crippen LogP contribution in [-0.2, 0) is 0 Å². The van der Waals surface area contributed by atoms with Crippen LogP contribution in [0.2, 0.25) is 0 Å². The van der Waals surface area contributed by atoms with Gasteiger partial charge in [0.05, 0.1) is 0 Å². The highest BCUT2D eigenvalue weighted by Gasteiger charge is 2.29. The highest BCUT2D eigenvalue weighted by Crippen LogP contribution is 2.38. The lowest BCUT2D eigenvalue weighted by Crippen LogP contribution is -2.36. The molecule has 18 heavy (non-hydrogen) atoms. The number of hydrogen-bond acceptors (Lipinski definition) is 1. The minimum Gasteiger partial charge on any atom is -0.386 e. The van der Waals surface area contributed by atoms with Gasteiger partial charge in [-0.15, -0.1) is 0 Å². The first kappa shape index (κ1) is 15.6. The Bertz CT molecular complexity index is 269. The van der Waals surface area contributed by atoms with Crippen molar-refractivity contribution < 1.29 is 0 Å². The molecule has 0 aromatic carbocycles. The molecule has 1 nitrogen and oxygen atoms in total. The van der Waals surface area contributed by atoms with Gasteiger partial charge in [-0.2, -0.15) is 0 Å². The van der Waals surface area contributed by atoms with Gasteiger partial charge in [0.15, 0.2) is 0 Å². The molecule has 1 aliphatic rings. The molecule has 0 aliphatic heterocycles. The summed E-state index contributed by atoms with van der Waals surface area (Å²) in [7, 11) is 0. The average molecular weight is 251 g/mol. The van der Waals surface area contributed by atoms with Crippen LogP contribution in [0.4, 0.5) is 0 Å². The van der Waals surface area contributed by atoms with Gasteiger partial charge < -0.3 is 5.32 Å². The average Bonchev–Trinajstić information content (AvgIpc) is 2.13. The van der Waals surface area contributed by atoms with Crippen LogP contribution in [0.3, 0.4) is 0 Å². The summed E-state index contributed by atoms with van der Waals surface area (Å²) >= 11 is 0. The monoisotopic (exact) mass is 251 g/mol. The number of hydrogen-bond donors (Lipinski definition) is 1. The summed E-state index contributed by atoms with van der Waals surface area (Å²) in [5, 5.41) is 3.65. The molecule has 0 spiro atoms. The van der Waals surface area contributed by atoms with E-state index >= 15 is 0 Å². The predicted molar refractivity (Wildman–Crippen MR) is 81.5 cm³/mol. The maximum atomic E-state index is 4.19. The molecule has 1 heteroatoms. The maximum Gasteiger partial charge on any atom is 0.0258 e. The highest BCUT2D eigenvalue weighted by molar-refractivity contribution is 4.98. The standard InChI is InChI=1S/C17H33N/c1-13(12-16(2,3)4)18-15-10-8-14(9-11-15)17(5,6)7/h14-15,18H,1,8-12H2,2-7H3. The van der Waals surface area contributed by atoms with E-state index in [1.54, 1.807) is 0 Å².